The molecule has 0 aliphatic carbocycles. The van der Waals surface area contributed by atoms with Crippen molar-refractivity contribution in [1.82, 2.24) is 4.90 Å². The van der Waals surface area contributed by atoms with Gasteiger partial charge in [-0.15, -0.1) is 11.6 Å². The number of rotatable bonds is 4. The number of carbonyl (C=O) groups excluding carboxylic acids is 2. The Kier molecular flexibility index (Phi) is 4.58. The fourth-order valence-electron chi connectivity index (χ4n) is 1.78. The Balaban J connectivity index is 2.49. The summed E-state index contributed by atoms with van der Waals surface area (Å²) in [5.41, 5.74) is 0. The maximum absolute atomic E-state index is 11.6. The molecule has 4 heteroatoms. The van der Waals surface area contributed by atoms with Crippen LogP contribution in [-0.2, 0) is 9.59 Å². The molecule has 3 nitrogen and oxygen atoms in total. The summed E-state index contributed by atoms with van der Waals surface area (Å²) >= 11 is 5.51. The zero-order valence-electron chi connectivity index (χ0n) is 9.33. The molecule has 1 unspecified atom stereocenters. The molecule has 0 radical (unpaired) electrons. The Bertz CT molecular complexity index is 253. The topological polar surface area (TPSA) is 37.4 Å². The van der Waals surface area contributed by atoms with E-state index in [1.807, 2.05) is 0 Å². The van der Waals surface area contributed by atoms with Gasteiger partial charge < -0.3 is 0 Å². The van der Waals surface area contributed by atoms with Crippen molar-refractivity contribution in [3.8, 4) is 0 Å². The number of hydrogen-bond acceptors (Lipinski definition) is 2. The van der Waals surface area contributed by atoms with Crippen molar-refractivity contribution in [2.45, 2.75) is 33.1 Å². The molecule has 1 aliphatic heterocycles. The van der Waals surface area contributed by atoms with Crippen LogP contribution in [0.5, 0.6) is 0 Å². The fourth-order valence-corrected chi connectivity index (χ4v) is 1.91. The van der Waals surface area contributed by atoms with Gasteiger partial charge in [-0.25, -0.2) is 0 Å². The minimum atomic E-state index is -0.0659. The van der Waals surface area contributed by atoms with E-state index in [-0.39, 0.29) is 11.8 Å². The standard InChI is InChI=1S/C11H18ClNO2/c1-8(2)9-6-11(15)13(7-9)10(14)4-3-5-12/h8-9H,3-7H2,1-2H3. The predicted molar refractivity (Wildman–Crippen MR) is 59.6 cm³/mol. The van der Waals surface area contributed by atoms with Crippen LogP contribution in [0.4, 0.5) is 0 Å². The van der Waals surface area contributed by atoms with Gasteiger partial charge in [-0.05, 0) is 18.3 Å². The minimum absolute atomic E-state index is 0.0201. The van der Waals surface area contributed by atoms with Crippen molar-refractivity contribution in [1.29, 1.82) is 0 Å². The lowest BCUT2D eigenvalue weighted by molar-refractivity contribution is -0.141. The molecule has 1 rings (SSSR count). The van der Waals surface area contributed by atoms with Gasteiger partial charge >= 0.3 is 0 Å². The molecule has 2 amide bonds. The Morgan fingerprint density at radius 3 is 2.73 bits per heavy atom. The van der Waals surface area contributed by atoms with E-state index >= 15 is 0 Å². The van der Waals surface area contributed by atoms with E-state index in [0.717, 1.165) is 0 Å². The quantitative estimate of drug-likeness (QED) is 0.695. The van der Waals surface area contributed by atoms with Gasteiger partial charge in [0.25, 0.3) is 0 Å². The fraction of sp³-hybridized carbons (Fsp3) is 0.818. The summed E-state index contributed by atoms with van der Waals surface area (Å²) in [6.07, 6.45) is 1.56. The Hall–Kier alpha value is -0.570. The van der Waals surface area contributed by atoms with E-state index in [1.165, 1.54) is 4.90 Å². The number of alkyl halides is 1. The van der Waals surface area contributed by atoms with E-state index in [4.69, 9.17) is 11.6 Å². The molecule has 0 saturated carbocycles. The highest BCUT2D eigenvalue weighted by Gasteiger charge is 2.34. The summed E-state index contributed by atoms with van der Waals surface area (Å²) < 4.78 is 0. The van der Waals surface area contributed by atoms with Gasteiger partial charge in [0.1, 0.15) is 0 Å². The normalized spacial score (nSPS) is 21.5. The maximum Gasteiger partial charge on any atom is 0.229 e. The number of hydrogen-bond donors (Lipinski definition) is 0. The first kappa shape index (κ1) is 12.5. The molecular weight excluding hydrogens is 214 g/mol. The molecule has 1 saturated heterocycles. The second-order valence-corrected chi connectivity index (χ2v) is 4.78. The molecule has 1 heterocycles. The molecule has 1 aliphatic rings. The second-order valence-electron chi connectivity index (χ2n) is 4.40. The molecule has 0 bridgehead atoms. The van der Waals surface area contributed by atoms with Gasteiger partial charge in [-0.2, -0.15) is 0 Å². The number of carbonyl (C=O) groups is 2. The Morgan fingerprint density at radius 2 is 2.27 bits per heavy atom. The van der Waals surface area contributed by atoms with Crippen LogP contribution in [-0.4, -0.2) is 29.1 Å². The first-order valence-corrected chi connectivity index (χ1v) is 5.99. The van der Waals surface area contributed by atoms with Gasteiger partial charge in [0.05, 0.1) is 0 Å². The molecule has 0 aromatic rings. The lowest BCUT2D eigenvalue weighted by Gasteiger charge is -2.16. The van der Waals surface area contributed by atoms with E-state index < -0.39 is 0 Å². The highest BCUT2D eigenvalue weighted by atomic mass is 35.5. The van der Waals surface area contributed by atoms with Crippen LogP contribution >= 0.6 is 11.6 Å². The summed E-state index contributed by atoms with van der Waals surface area (Å²) in [5, 5.41) is 0. The van der Waals surface area contributed by atoms with Crippen molar-refractivity contribution >= 4 is 23.4 Å². The van der Waals surface area contributed by atoms with Crippen molar-refractivity contribution in [3.63, 3.8) is 0 Å². The molecule has 1 atom stereocenters. The minimum Gasteiger partial charge on any atom is -0.282 e. The van der Waals surface area contributed by atoms with Gasteiger partial charge in [-0.3, -0.25) is 14.5 Å². The van der Waals surface area contributed by atoms with E-state index in [1.54, 1.807) is 0 Å². The predicted octanol–water partition coefficient (Wildman–Crippen LogP) is 2.04. The molecule has 0 spiro atoms. The molecule has 86 valence electrons. The molecular formula is C11H18ClNO2. The number of halogens is 1. The SMILES string of the molecule is CC(C)C1CC(=O)N(C(=O)CCCCl)C1. The number of nitrogens with zero attached hydrogens (tertiary/aromatic N) is 1. The summed E-state index contributed by atoms with van der Waals surface area (Å²) in [5.74, 6) is 1.18. The van der Waals surface area contributed by atoms with E-state index in [2.05, 4.69) is 13.8 Å². The van der Waals surface area contributed by atoms with E-state index in [0.29, 0.717) is 43.5 Å². The summed E-state index contributed by atoms with van der Waals surface area (Å²) in [7, 11) is 0. The van der Waals surface area contributed by atoms with Crippen LogP contribution in [0.15, 0.2) is 0 Å². The van der Waals surface area contributed by atoms with Crippen LogP contribution in [0.1, 0.15) is 33.1 Å². The van der Waals surface area contributed by atoms with Gasteiger partial charge in [0, 0.05) is 25.3 Å². The first-order chi connectivity index (χ1) is 7.06. The number of amides is 2. The molecule has 15 heavy (non-hydrogen) atoms. The first-order valence-electron chi connectivity index (χ1n) is 5.45. The maximum atomic E-state index is 11.6. The van der Waals surface area contributed by atoms with Crippen LogP contribution in [0.2, 0.25) is 0 Å². The third-order valence-electron chi connectivity index (χ3n) is 2.92. The van der Waals surface area contributed by atoms with Crippen LogP contribution < -0.4 is 0 Å². The zero-order chi connectivity index (χ0) is 11.4. The summed E-state index contributed by atoms with van der Waals surface area (Å²) in [6, 6.07) is 0. The second kappa shape index (κ2) is 5.50. The van der Waals surface area contributed by atoms with Crippen molar-refractivity contribution in [2.75, 3.05) is 12.4 Å². The molecule has 0 aromatic heterocycles. The van der Waals surface area contributed by atoms with Crippen LogP contribution in [0.3, 0.4) is 0 Å². The lowest BCUT2D eigenvalue weighted by Crippen LogP contribution is -2.32. The van der Waals surface area contributed by atoms with Crippen molar-refractivity contribution < 1.29 is 9.59 Å². The summed E-state index contributed by atoms with van der Waals surface area (Å²) in [4.78, 5) is 24.6. The molecule has 0 N–H and O–H groups in total. The summed E-state index contributed by atoms with van der Waals surface area (Å²) in [6.45, 7) is 4.77. The zero-order valence-corrected chi connectivity index (χ0v) is 10.1. The monoisotopic (exact) mass is 231 g/mol. The average molecular weight is 232 g/mol. The van der Waals surface area contributed by atoms with Gasteiger partial charge in [0.15, 0.2) is 0 Å². The molecule has 0 aromatic carbocycles. The van der Waals surface area contributed by atoms with E-state index in [9.17, 15) is 9.59 Å². The Labute approximate surface area is 95.8 Å². The molecule has 1 fully saturated rings. The average Bonchev–Trinajstić information content (AvgIpc) is 2.57. The van der Waals surface area contributed by atoms with Crippen molar-refractivity contribution in [2.24, 2.45) is 11.8 Å². The Morgan fingerprint density at radius 1 is 1.60 bits per heavy atom. The third kappa shape index (κ3) is 3.20. The smallest absolute Gasteiger partial charge is 0.229 e. The highest BCUT2D eigenvalue weighted by Crippen LogP contribution is 2.25. The number of likely N-dealkylation sites (tertiary alicyclic amines) is 1. The van der Waals surface area contributed by atoms with Crippen LogP contribution in [0.25, 0.3) is 0 Å². The highest BCUT2D eigenvalue weighted by molar-refractivity contribution is 6.18. The van der Waals surface area contributed by atoms with Crippen molar-refractivity contribution in [3.05, 3.63) is 0 Å². The van der Waals surface area contributed by atoms with Gasteiger partial charge in [0.2, 0.25) is 11.8 Å². The largest absolute Gasteiger partial charge is 0.282 e. The van der Waals surface area contributed by atoms with Gasteiger partial charge in [-0.1, -0.05) is 13.8 Å². The third-order valence-corrected chi connectivity index (χ3v) is 3.19. The lowest BCUT2D eigenvalue weighted by atomic mass is 9.95. The van der Waals surface area contributed by atoms with Crippen LogP contribution in [0, 0.1) is 11.8 Å². The number of imide groups is 1.